The van der Waals surface area contributed by atoms with Crippen molar-refractivity contribution < 1.29 is 19.0 Å². The van der Waals surface area contributed by atoms with Gasteiger partial charge in [-0.2, -0.15) is 0 Å². The van der Waals surface area contributed by atoms with Crippen molar-refractivity contribution in [2.75, 3.05) is 18.7 Å². The Morgan fingerprint density at radius 2 is 1.90 bits per heavy atom. The summed E-state index contributed by atoms with van der Waals surface area (Å²) in [5, 5.41) is 2.65. The van der Waals surface area contributed by atoms with Crippen molar-refractivity contribution in [1.82, 2.24) is 9.55 Å². The normalized spacial score (nSPS) is 11.9. The van der Waals surface area contributed by atoms with E-state index in [1.54, 1.807) is 42.5 Å². The van der Waals surface area contributed by atoms with E-state index in [1.807, 2.05) is 6.92 Å². The zero-order valence-corrected chi connectivity index (χ0v) is 16.1. The molecule has 3 aromatic rings. The van der Waals surface area contributed by atoms with Gasteiger partial charge in [0.25, 0.3) is 11.5 Å². The van der Waals surface area contributed by atoms with Gasteiger partial charge in [-0.05, 0) is 48.9 Å². The molecule has 2 N–H and O–H groups in total. The molecular weight excluding hydrogens is 390 g/mol. The van der Waals surface area contributed by atoms with E-state index in [-0.39, 0.29) is 18.9 Å². The summed E-state index contributed by atoms with van der Waals surface area (Å²) in [5.74, 6) is 1.19. The van der Waals surface area contributed by atoms with E-state index in [0.29, 0.717) is 35.1 Å². The van der Waals surface area contributed by atoms with Gasteiger partial charge >= 0.3 is 5.69 Å². The minimum absolute atomic E-state index is 0.0189. The average Bonchev–Trinajstić information content (AvgIpc) is 3.20. The molecule has 1 aliphatic rings. The fourth-order valence-corrected chi connectivity index (χ4v) is 3.04. The molecule has 1 aliphatic heterocycles. The summed E-state index contributed by atoms with van der Waals surface area (Å²) in [4.78, 5) is 40.1. The number of aromatic amines is 1. The van der Waals surface area contributed by atoms with Gasteiger partial charge < -0.3 is 24.5 Å². The van der Waals surface area contributed by atoms with Crippen LogP contribution in [0.5, 0.6) is 17.2 Å². The van der Waals surface area contributed by atoms with Gasteiger partial charge in [0, 0.05) is 11.9 Å². The van der Waals surface area contributed by atoms with E-state index >= 15 is 0 Å². The summed E-state index contributed by atoms with van der Waals surface area (Å²) in [6.07, 6.45) is 1.12. The Morgan fingerprint density at radius 1 is 1.13 bits per heavy atom. The summed E-state index contributed by atoms with van der Waals surface area (Å²) in [7, 11) is 0. The number of amides is 1. The molecule has 154 valence electrons. The zero-order valence-electron chi connectivity index (χ0n) is 16.1. The molecule has 0 unspecified atom stereocenters. The maximum atomic E-state index is 12.8. The molecule has 9 heteroatoms. The molecule has 4 rings (SSSR count). The second kappa shape index (κ2) is 8.16. The average molecular weight is 409 g/mol. The molecule has 30 heavy (non-hydrogen) atoms. The third-order valence-electron chi connectivity index (χ3n) is 4.51. The van der Waals surface area contributed by atoms with Crippen LogP contribution in [0.4, 0.5) is 5.69 Å². The highest BCUT2D eigenvalue weighted by Gasteiger charge is 2.17. The second-order valence-electron chi connectivity index (χ2n) is 6.50. The van der Waals surface area contributed by atoms with Gasteiger partial charge in [-0.15, -0.1) is 0 Å². The van der Waals surface area contributed by atoms with Crippen molar-refractivity contribution >= 4 is 11.6 Å². The standard InChI is InChI=1S/C21H19N3O6/c1-2-28-15-6-4-14(5-7-15)23-19(25)16-10-22-21(27)24(20(16)26)11-13-3-8-17-18(9-13)30-12-29-17/h3-10H,2,11-12H2,1H3,(H,22,27)(H,23,25). The number of benzene rings is 2. The van der Waals surface area contributed by atoms with Gasteiger partial charge in [0.2, 0.25) is 6.79 Å². The van der Waals surface area contributed by atoms with E-state index in [9.17, 15) is 14.4 Å². The Balaban J connectivity index is 1.56. The van der Waals surface area contributed by atoms with Crippen molar-refractivity contribution in [2.45, 2.75) is 13.5 Å². The van der Waals surface area contributed by atoms with Gasteiger partial charge in [-0.1, -0.05) is 6.07 Å². The highest BCUT2D eigenvalue weighted by molar-refractivity contribution is 6.03. The Kier molecular flexibility index (Phi) is 5.25. The maximum absolute atomic E-state index is 12.8. The summed E-state index contributed by atoms with van der Waals surface area (Å²) < 4.78 is 16.9. The summed E-state index contributed by atoms with van der Waals surface area (Å²) in [5.41, 5.74) is -0.327. The monoisotopic (exact) mass is 409 g/mol. The van der Waals surface area contributed by atoms with Crippen LogP contribution < -0.4 is 30.8 Å². The topological polar surface area (TPSA) is 112 Å². The minimum atomic E-state index is -0.695. The number of H-pyrrole nitrogens is 1. The van der Waals surface area contributed by atoms with Crippen molar-refractivity contribution in [3.8, 4) is 17.2 Å². The van der Waals surface area contributed by atoms with Crippen LogP contribution in [0.2, 0.25) is 0 Å². The fourth-order valence-electron chi connectivity index (χ4n) is 3.04. The molecule has 0 spiro atoms. The largest absolute Gasteiger partial charge is 0.494 e. The molecule has 0 atom stereocenters. The first-order chi connectivity index (χ1) is 14.5. The van der Waals surface area contributed by atoms with Crippen molar-refractivity contribution in [1.29, 1.82) is 0 Å². The molecule has 1 amide bonds. The van der Waals surface area contributed by atoms with E-state index < -0.39 is 17.2 Å². The highest BCUT2D eigenvalue weighted by Crippen LogP contribution is 2.32. The molecule has 0 saturated heterocycles. The van der Waals surface area contributed by atoms with Crippen molar-refractivity contribution in [2.24, 2.45) is 0 Å². The number of ether oxygens (including phenoxy) is 3. The van der Waals surface area contributed by atoms with Gasteiger partial charge in [-0.3, -0.25) is 14.2 Å². The maximum Gasteiger partial charge on any atom is 0.328 e. The van der Waals surface area contributed by atoms with E-state index in [1.165, 1.54) is 0 Å². The van der Waals surface area contributed by atoms with Crippen LogP contribution in [0, 0.1) is 0 Å². The zero-order chi connectivity index (χ0) is 21.1. The van der Waals surface area contributed by atoms with E-state index in [0.717, 1.165) is 10.8 Å². The van der Waals surface area contributed by atoms with Gasteiger partial charge in [0.1, 0.15) is 11.3 Å². The van der Waals surface area contributed by atoms with E-state index in [4.69, 9.17) is 14.2 Å². The first-order valence-electron chi connectivity index (χ1n) is 9.30. The lowest BCUT2D eigenvalue weighted by Crippen LogP contribution is -2.39. The number of anilines is 1. The molecule has 0 saturated carbocycles. The van der Waals surface area contributed by atoms with Crippen molar-refractivity contribution in [3.05, 3.63) is 80.6 Å². The lowest BCUT2D eigenvalue weighted by atomic mass is 10.2. The lowest BCUT2D eigenvalue weighted by molar-refractivity contribution is 0.102. The van der Waals surface area contributed by atoms with Crippen LogP contribution in [-0.2, 0) is 6.54 Å². The highest BCUT2D eigenvalue weighted by atomic mass is 16.7. The van der Waals surface area contributed by atoms with Gasteiger partial charge in [0.05, 0.1) is 13.2 Å². The molecule has 9 nitrogen and oxygen atoms in total. The smallest absolute Gasteiger partial charge is 0.328 e. The number of hydrogen-bond acceptors (Lipinski definition) is 6. The Labute approximate surface area is 170 Å². The fraction of sp³-hybridized carbons (Fsp3) is 0.190. The molecule has 0 fully saturated rings. The van der Waals surface area contributed by atoms with Gasteiger partial charge in [0.15, 0.2) is 11.5 Å². The Bertz CT molecular complexity index is 1200. The SMILES string of the molecule is CCOc1ccc(NC(=O)c2c[nH]c(=O)n(Cc3ccc4c(c3)OCO4)c2=O)cc1. The number of rotatable bonds is 6. The molecular formula is C21H19N3O6. The van der Waals surface area contributed by atoms with Crippen LogP contribution in [-0.4, -0.2) is 28.9 Å². The number of hydrogen-bond donors (Lipinski definition) is 2. The molecule has 2 aromatic carbocycles. The van der Waals surface area contributed by atoms with Crippen LogP contribution in [0.15, 0.2) is 58.3 Å². The van der Waals surface area contributed by atoms with Crippen LogP contribution in [0.3, 0.4) is 0 Å². The number of aromatic nitrogens is 2. The second-order valence-corrected chi connectivity index (χ2v) is 6.50. The summed E-state index contributed by atoms with van der Waals surface area (Å²) in [6, 6.07) is 11.9. The quantitative estimate of drug-likeness (QED) is 0.644. The van der Waals surface area contributed by atoms with Gasteiger partial charge in [-0.25, -0.2) is 4.79 Å². The number of nitrogens with zero attached hydrogens (tertiary/aromatic N) is 1. The van der Waals surface area contributed by atoms with Crippen molar-refractivity contribution in [3.63, 3.8) is 0 Å². The molecule has 1 aromatic heterocycles. The van der Waals surface area contributed by atoms with Crippen LogP contribution in [0.25, 0.3) is 0 Å². The number of carbonyl (C=O) groups is 1. The summed E-state index contributed by atoms with van der Waals surface area (Å²) >= 11 is 0. The summed E-state index contributed by atoms with van der Waals surface area (Å²) in [6.45, 7) is 2.52. The predicted octanol–water partition coefficient (Wildman–Crippen LogP) is 1.96. The Hall–Kier alpha value is -4.01. The number of fused-ring (bicyclic) bond motifs is 1. The van der Waals surface area contributed by atoms with E-state index in [2.05, 4.69) is 10.3 Å². The third-order valence-corrected chi connectivity index (χ3v) is 4.51. The molecule has 0 aliphatic carbocycles. The molecule has 2 heterocycles. The third kappa shape index (κ3) is 3.90. The minimum Gasteiger partial charge on any atom is -0.494 e. The molecule has 0 radical (unpaired) electrons. The molecule has 0 bridgehead atoms. The van der Waals surface area contributed by atoms with Crippen LogP contribution in [0.1, 0.15) is 22.8 Å². The number of nitrogens with one attached hydrogen (secondary N) is 2. The van der Waals surface area contributed by atoms with Crippen LogP contribution >= 0.6 is 0 Å². The predicted molar refractivity (Wildman–Crippen MR) is 109 cm³/mol. The lowest BCUT2D eigenvalue weighted by Gasteiger charge is -2.09. The Morgan fingerprint density at radius 3 is 2.67 bits per heavy atom. The first-order valence-corrected chi connectivity index (χ1v) is 9.30. The first kappa shape index (κ1) is 19.3. The number of carbonyl (C=O) groups excluding carboxylic acids is 1.